The SMILES string of the molecule is O=C(Oc1ccccc1)C1C[CH]CC1. The van der Waals surface area contributed by atoms with Crippen molar-refractivity contribution in [3.8, 4) is 5.75 Å². The third-order valence-corrected chi connectivity index (χ3v) is 2.47. The number of hydrogen-bond donors (Lipinski definition) is 0. The summed E-state index contributed by atoms with van der Waals surface area (Å²) in [4.78, 5) is 11.6. The first-order valence-corrected chi connectivity index (χ1v) is 4.94. The van der Waals surface area contributed by atoms with Gasteiger partial charge in [0, 0.05) is 0 Å². The first kappa shape index (κ1) is 9.25. The number of hydrogen-bond acceptors (Lipinski definition) is 2. The zero-order valence-corrected chi connectivity index (χ0v) is 7.98. The summed E-state index contributed by atoms with van der Waals surface area (Å²) < 4.78 is 5.24. The fourth-order valence-corrected chi connectivity index (χ4v) is 1.66. The van der Waals surface area contributed by atoms with Crippen LogP contribution in [0.1, 0.15) is 19.3 Å². The van der Waals surface area contributed by atoms with Gasteiger partial charge >= 0.3 is 5.97 Å². The van der Waals surface area contributed by atoms with E-state index in [1.807, 2.05) is 18.2 Å². The fourth-order valence-electron chi connectivity index (χ4n) is 1.66. The number of esters is 1. The molecule has 0 aliphatic heterocycles. The molecule has 1 aromatic carbocycles. The van der Waals surface area contributed by atoms with Crippen LogP contribution >= 0.6 is 0 Å². The second-order valence-electron chi connectivity index (χ2n) is 3.53. The van der Waals surface area contributed by atoms with E-state index in [4.69, 9.17) is 4.74 Å². The van der Waals surface area contributed by atoms with Gasteiger partial charge in [0.25, 0.3) is 0 Å². The van der Waals surface area contributed by atoms with Gasteiger partial charge in [0.1, 0.15) is 5.75 Å². The summed E-state index contributed by atoms with van der Waals surface area (Å²) in [5, 5.41) is 0. The number of rotatable bonds is 2. The highest BCUT2D eigenvalue weighted by Crippen LogP contribution is 2.25. The van der Waals surface area contributed by atoms with Gasteiger partial charge in [0.05, 0.1) is 5.92 Å². The molecule has 73 valence electrons. The van der Waals surface area contributed by atoms with E-state index < -0.39 is 0 Å². The molecule has 0 N–H and O–H groups in total. The van der Waals surface area contributed by atoms with E-state index in [1.165, 1.54) is 0 Å². The Balaban J connectivity index is 1.94. The van der Waals surface area contributed by atoms with E-state index in [1.54, 1.807) is 12.1 Å². The van der Waals surface area contributed by atoms with E-state index in [0.29, 0.717) is 5.75 Å². The standard InChI is InChI=1S/C12H13O2/c13-12(10-6-4-5-7-10)14-11-8-2-1-3-9-11/h1-4,8-10H,5-7H2. The van der Waals surface area contributed by atoms with Crippen molar-refractivity contribution in [2.45, 2.75) is 19.3 Å². The van der Waals surface area contributed by atoms with Crippen molar-refractivity contribution >= 4 is 5.97 Å². The average molecular weight is 189 g/mol. The van der Waals surface area contributed by atoms with E-state index in [2.05, 4.69) is 6.42 Å². The summed E-state index contributed by atoms with van der Waals surface area (Å²) in [5.41, 5.74) is 0. The maximum absolute atomic E-state index is 11.6. The lowest BCUT2D eigenvalue weighted by Crippen LogP contribution is -2.17. The Labute approximate surface area is 83.9 Å². The monoisotopic (exact) mass is 189 g/mol. The maximum atomic E-state index is 11.6. The predicted molar refractivity (Wildman–Crippen MR) is 53.7 cm³/mol. The van der Waals surface area contributed by atoms with Crippen LogP contribution < -0.4 is 4.74 Å². The van der Waals surface area contributed by atoms with Gasteiger partial charge in [0.15, 0.2) is 0 Å². The Morgan fingerprint density at radius 1 is 1.29 bits per heavy atom. The van der Waals surface area contributed by atoms with Crippen LogP contribution in [-0.4, -0.2) is 5.97 Å². The van der Waals surface area contributed by atoms with E-state index in [0.717, 1.165) is 19.3 Å². The molecule has 1 atom stereocenters. The minimum Gasteiger partial charge on any atom is -0.426 e. The van der Waals surface area contributed by atoms with Crippen molar-refractivity contribution in [1.82, 2.24) is 0 Å². The quantitative estimate of drug-likeness (QED) is 0.528. The Morgan fingerprint density at radius 3 is 2.71 bits per heavy atom. The van der Waals surface area contributed by atoms with Crippen LogP contribution in [0.15, 0.2) is 30.3 Å². The zero-order chi connectivity index (χ0) is 9.80. The van der Waals surface area contributed by atoms with Gasteiger partial charge in [-0.25, -0.2) is 0 Å². The van der Waals surface area contributed by atoms with Gasteiger partial charge < -0.3 is 4.74 Å². The van der Waals surface area contributed by atoms with Gasteiger partial charge in [0.2, 0.25) is 0 Å². The van der Waals surface area contributed by atoms with Gasteiger partial charge in [-0.2, -0.15) is 0 Å². The number of benzene rings is 1. The van der Waals surface area contributed by atoms with E-state index in [-0.39, 0.29) is 11.9 Å². The molecule has 0 saturated heterocycles. The number of para-hydroxylation sites is 1. The molecular formula is C12H13O2. The Kier molecular flexibility index (Phi) is 2.82. The molecule has 0 amide bonds. The minimum atomic E-state index is -0.0926. The second-order valence-corrected chi connectivity index (χ2v) is 3.53. The summed E-state index contributed by atoms with van der Waals surface area (Å²) in [6.45, 7) is 0. The summed E-state index contributed by atoms with van der Waals surface area (Å²) >= 11 is 0. The Hall–Kier alpha value is -1.31. The van der Waals surface area contributed by atoms with Crippen LogP contribution in [0.25, 0.3) is 0 Å². The topological polar surface area (TPSA) is 26.3 Å². The molecule has 1 aromatic rings. The maximum Gasteiger partial charge on any atom is 0.314 e. The van der Waals surface area contributed by atoms with E-state index in [9.17, 15) is 4.79 Å². The third kappa shape index (κ3) is 2.13. The molecule has 1 fully saturated rings. The second kappa shape index (κ2) is 4.27. The molecule has 14 heavy (non-hydrogen) atoms. The lowest BCUT2D eigenvalue weighted by atomic mass is 10.1. The number of carbonyl (C=O) groups excluding carboxylic acids is 1. The van der Waals surface area contributed by atoms with Crippen LogP contribution in [0.3, 0.4) is 0 Å². The van der Waals surface area contributed by atoms with Crippen molar-refractivity contribution in [3.05, 3.63) is 36.8 Å². The molecule has 2 rings (SSSR count). The first-order chi connectivity index (χ1) is 6.86. The van der Waals surface area contributed by atoms with Gasteiger partial charge in [-0.05, 0) is 37.8 Å². The van der Waals surface area contributed by atoms with Gasteiger partial charge in [-0.1, -0.05) is 18.2 Å². The van der Waals surface area contributed by atoms with Crippen LogP contribution in [-0.2, 0) is 4.79 Å². The van der Waals surface area contributed by atoms with Crippen molar-refractivity contribution < 1.29 is 9.53 Å². The van der Waals surface area contributed by atoms with Gasteiger partial charge in [-0.3, -0.25) is 4.79 Å². The summed E-state index contributed by atoms with van der Waals surface area (Å²) in [7, 11) is 0. The normalized spacial score (nSPS) is 16.9. The van der Waals surface area contributed by atoms with Crippen molar-refractivity contribution in [3.63, 3.8) is 0 Å². The summed E-state index contributed by atoms with van der Waals surface area (Å²) in [6.07, 6.45) is 4.99. The molecule has 2 nitrogen and oxygen atoms in total. The molecule has 0 aromatic heterocycles. The minimum absolute atomic E-state index is 0.0789. The molecule has 0 spiro atoms. The lowest BCUT2D eigenvalue weighted by molar-refractivity contribution is -0.138. The predicted octanol–water partition coefficient (Wildman–Crippen LogP) is 2.60. The van der Waals surface area contributed by atoms with Crippen LogP contribution in [0, 0.1) is 12.3 Å². The summed E-state index contributed by atoms with van der Waals surface area (Å²) in [6, 6.07) is 9.24. The van der Waals surface area contributed by atoms with Crippen molar-refractivity contribution in [2.75, 3.05) is 0 Å². The smallest absolute Gasteiger partial charge is 0.314 e. The molecule has 1 unspecified atom stereocenters. The molecule has 0 heterocycles. The fraction of sp³-hybridized carbons (Fsp3) is 0.333. The molecular weight excluding hydrogens is 176 g/mol. The van der Waals surface area contributed by atoms with Crippen LogP contribution in [0.5, 0.6) is 5.75 Å². The highest BCUT2D eigenvalue weighted by molar-refractivity contribution is 5.75. The summed E-state index contributed by atoms with van der Waals surface area (Å²) in [5.74, 6) is 0.629. The van der Waals surface area contributed by atoms with Crippen molar-refractivity contribution in [1.29, 1.82) is 0 Å². The highest BCUT2D eigenvalue weighted by atomic mass is 16.5. The molecule has 1 aliphatic carbocycles. The van der Waals surface area contributed by atoms with E-state index >= 15 is 0 Å². The molecule has 2 heteroatoms. The zero-order valence-electron chi connectivity index (χ0n) is 7.98. The molecule has 1 saturated carbocycles. The number of carbonyl (C=O) groups is 1. The lowest BCUT2D eigenvalue weighted by Gasteiger charge is -2.08. The van der Waals surface area contributed by atoms with Crippen LogP contribution in [0.2, 0.25) is 0 Å². The molecule has 1 radical (unpaired) electrons. The highest BCUT2D eigenvalue weighted by Gasteiger charge is 2.24. The Bertz CT molecular complexity index is 299. The Morgan fingerprint density at radius 2 is 2.07 bits per heavy atom. The number of ether oxygens (including phenoxy) is 1. The molecule has 1 aliphatic rings. The molecule has 0 bridgehead atoms. The van der Waals surface area contributed by atoms with Crippen molar-refractivity contribution in [2.24, 2.45) is 5.92 Å². The van der Waals surface area contributed by atoms with Gasteiger partial charge in [-0.15, -0.1) is 0 Å². The van der Waals surface area contributed by atoms with Crippen LogP contribution in [0.4, 0.5) is 0 Å². The third-order valence-electron chi connectivity index (χ3n) is 2.47. The average Bonchev–Trinajstić information content (AvgIpc) is 2.72. The largest absolute Gasteiger partial charge is 0.426 e. The first-order valence-electron chi connectivity index (χ1n) is 4.94.